The van der Waals surface area contributed by atoms with Crippen molar-refractivity contribution in [1.82, 2.24) is 9.47 Å². The highest BCUT2D eigenvalue weighted by Crippen LogP contribution is 2.28. The second-order valence-corrected chi connectivity index (χ2v) is 6.46. The molecule has 0 aliphatic carbocycles. The molecular weight excluding hydrogens is 276 g/mol. The lowest BCUT2D eigenvalue weighted by Gasteiger charge is -2.22. The Morgan fingerprint density at radius 1 is 1.14 bits per heavy atom. The molecule has 0 saturated carbocycles. The molecule has 1 aliphatic heterocycles. The van der Waals surface area contributed by atoms with Crippen LogP contribution in [0, 0.1) is 0 Å². The summed E-state index contributed by atoms with van der Waals surface area (Å²) in [4.78, 5) is 2.36. The first-order valence-corrected chi connectivity index (χ1v) is 8.27. The molecule has 0 unspecified atom stereocenters. The zero-order valence-corrected chi connectivity index (χ0v) is 12.9. The van der Waals surface area contributed by atoms with Crippen LogP contribution in [0.2, 0.25) is 0 Å². The van der Waals surface area contributed by atoms with Crippen LogP contribution in [0.5, 0.6) is 0 Å². The second-order valence-electron chi connectivity index (χ2n) is 5.68. The lowest BCUT2D eigenvalue weighted by atomic mass is 9.99. The third-order valence-corrected chi connectivity index (χ3v) is 4.93. The standard InChI is InChI=1S/C18H18N2S/c1-19-8-4-14(5-9-19)16-3-2-15-6-10-20(18(15)12-16)17-7-11-21-13-17/h2-4,6-7,10-13H,5,8-9H2,1H3. The predicted molar refractivity (Wildman–Crippen MR) is 91.2 cm³/mol. The fourth-order valence-electron chi connectivity index (χ4n) is 2.98. The number of thiophene rings is 1. The molecule has 3 heteroatoms. The Morgan fingerprint density at radius 2 is 2.10 bits per heavy atom. The molecular formula is C18H18N2S. The van der Waals surface area contributed by atoms with Crippen molar-refractivity contribution in [2.45, 2.75) is 6.42 Å². The molecule has 0 fully saturated rings. The number of aromatic nitrogens is 1. The Kier molecular flexibility index (Phi) is 3.17. The maximum absolute atomic E-state index is 2.36. The predicted octanol–water partition coefficient (Wildman–Crippen LogP) is 4.41. The normalized spacial score (nSPS) is 16.3. The van der Waals surface area contributed by atoms with Gasteiger partial charge in [0.25, 0.3) is 0 Å². The van der Waals surface area contributed by atoms with Crippen LogP contribution < -0.4 is 0 Å². The fraction of sp³-hybridized carbons (Fsp3) is 0.222. The summed E-state index contributed by atoms with van der Waals surface area (Å²) in [6, 6.07) is 11.2. The number of rotatable bonds is 2. The number of nitrogens with zero attached hydrogens (tertiary/aromatic N) is 2. The molecule has 0 N–H and O–H groups in total. The zero-order valence-electron chi connectivity index (χ0n) is 12.1. The van der Waals surface area contributed by atoms with Crippen LogP contribution in [-0.2, 0) is 0 Å². The van der Waals surface area contributed by atoms with Gasteiger partial charge in [0.15, 0.2) is 0 Å². The van der Waals surface area contributed by atoms with Crippen LogP contribution in [0.15, 0.2) is 53.4 Å². The average Bonchev–Trinajstić information content (AvgIpc) is 3.16. The molecule has 0 amide bonds. The minimum Gasteiger partial charge on any atom is -0.316 e. The van der Waals surface area contributed by atoms with E-state index in [-0.39, 0.29) is 0 Å². The summed E-state index contributed by atoms with van der Waals surface area (Å²) >= 11 is 1.74. The number of benzene rings is 1. The Morgan fingerprint density at radius 3 is 2.86 bits per heavy atom. The summed E-state index contributed by atoms with van der Waals surface area (Å²) in [6.07, 6.45) is 5.67. The number of hydrogen-bond donors (Lipinski definition) is 0. The Labute approximate surface area is 128 Å². The van der Waals surface area contributed by atoms with Crippen LogP contribution >= 0.6 is 11.3 Å². The van der Waals surface area contributed by atoms with E-state index >= 15 is 0 Å². The molecule has 0 bridgehead atoms. The van der Waals surface area contributed by atoms with Gasteiger partial charge >= 0.3 is 0 Å². The van der Waals surface area contributed by atoms with Crippen LogP contribution in [0.1, 0.15) is 12.0 Å². The first-order valence-electron chi connectivity index (χ1n) is 7.33. The Hall–Kier alpha value is -1.84. The fourth-order valence-corrected chi connectivity index (χ4v) is 3.61. The molecule has 0 radical (unpaired) electrons. The van der Waals surface area contributed by atoms with E-state index in [4.69, 9.17) is 0 Å². The molecule has 3 aromatic rings. The molecule has 2 nitrogen and oxygen atoms in total. The molecule has 106 valence electrons. The summed E-state index contributed by atoms with van der Waals surface area (Å²) in [6.45, 7) is 2.20. The zero-order chi connectivity index (χ0) is 14.2. The quantitative estimate of drug-likeness (QED) is 0.679. The van der Waals surface area contributed by atoms with Crippen molar-refractivity contribution in [1.29, 1.82) is 0 Å². The van der Waals surface area contributed by atoms with Crippen molar-refractivity contribution in [2.75, 3.05) is 20.1 Å². The van der Waals surface area contributed by atoms with Crippen molar-refractivity contribution < 1.29 is 0 Å². The van der Waals surface area contributed by atoms with Crippen LogP contribution in [0.25, 0.3) is 22.2 Å². The van der Waals surface area contributed by atoms with E-state index in [0.717, 1.165) is 19.5 Å². The van der Waals surface area contributed by atoms with E-state index in [1.807, 2.05) is 0 Å². The van der Waals surface area contributed by atoms with Crippen LogP contribution in [0.4, 0.5) is 0 Å². The Balaban J connectivity index is 1.80. The largest absolute Gasteiger partial charge is 0.316 e. The Bertz CT molecular complexity index is 796. The molecule has 0 saturated heterocycles. The molecule has 4 rings (SSSR count). The van der Waals surface area contributed by atoms with E-state index in [1.165, 1.54) is 27.7 Å². The van der Waals surface area contributed by atoms with Crippen molar-refractivity contribution in [3.05, 3.63) is 58.9 Å². The van der Waals surface area contributed by atoms with Crippen molar-refractivity contribution in [3.63, 3.8) is 0 Å². The maximum Gasteiger partial charge on any atom is 0.0562 e. The van der Waals surface area contributed by atoms with E-state index in [0.29, 0.717) is 0 Å². The summed E-state index contributed by atoms with van der Waals surface area (Å²) < 4.78 is 2.28. The van der Waals surface area contributed by atoms with Crippen molar-refractivity contribution >= 4 is 27.8 Å². The first kappa shape index (κ1) is 12.9. The minimum atomic E-state index is 1.05. The van der Waals surface area contributed by atoms with Gasteiger partial charge in [-0.1, -0.05) is 18.2 Å². The lowest BCUT2D eigenvalue weighted by Crippen LogP contribution is -2.23. The van der Waals surface area contributed by atoms with E-state index in [9.17, 15) is 0 Å². The number of likely N-dealkylation sites (N-methyl/N-ethyl adjacent to an activating group) is 1. The van der Waals surface area contributed by atoms with Crippen LogP contribution in [0.3, 0.4) is 0 Å². The average molecular weight is 294 g/mol. The first-order chi connectivity index (χ1) is 10.3. The summed E-state index contributed by atoms with van der Waals surface area (Å²) in [5, 5.41) is 5.63. The van der Waals surface area contributed by atoms with Gasteiger partial charge in [-0.2, -0.15) is 11.3 Å². The SMILES string of the molecule is CN1CC=C(c2ccc3ccn(-c4ccsc4)c3c2)CC1. The van der Waals surface area contributed by atoms with Gasteiger partial charge in [-0.3, -0.25) is 0 Å². The molecule has 3 heterocycles. The van der Waals surface area contributed by atoms with E-state index < -0.39 is 0 Å². The third-order valence-electron chi connectivity index (χ3n) is 4.26. The topological polar surface area (TPSA) is 8.17 Å². The maximum atomic E-state index is 2.36. The van der Waals surface area contributed by atoms with Gasteiger partial charge in [-0.25, -0.2) is 0 Å². The molecule has 1 aromatic carbocycles. The third kappa shape index (κ3) is 2.33. The number of hydrogen-bond acceptors (Lipinski definition) is 2. The van der Waals surface area contributed by atoms with Crippen LogP contribution in [-0.4, -0.2) is 29.6 Å². The molecule has 2 aromatic heterocycles. The molecule has 21 heavy (non-hydrogen) atoms. The lowest BCUT2D eigenvalue weighted by molar-refractivity contribution is 0.370. The van der Waals surface area contributed by atoms with Gasteiger partial charge < -0.3 is 9.47 Å². The number of fused-ring (bicyclic) bond motifs is 1. The van der Waals surface area contributed by atoms with Gasteiger partial charge in [0, 0.05) is 24.7 Å². The molecule has 0 atom stereocenters. The smallest absolute Gasteiger partial charge is 0.0562 e. The second kappa shape index (κ2) is 5.17. The highest BCUT2D eigenvalue weighted by molar-refractivity contribution is 7.08. The van der Waals surface area contributed by atoms with Gasteiger partial charge in [-0.15, -0.1) is 0 Å². The summed E-state index contributed by atoms with van der Waals surface area (Å²) in [5.41, 5.74) is 5.40. The van der Waals surface area contributed by atoms with Gasteiger partial charge in [0.2, 0.25) is 0 Å². The summed E-state index contributed by atoms with van der Waals surface area (Å²) in [5.74, 6) is 0. The highest BCUT2D eigenvalue weighted by atomic mass is 32.1. The van der Waals surface area contributed by atoms with Crippen molar-refractivity contribution in [2.24, 2.45) is 0 Å². The van der Waals surface area contributed by atoms with E-state index in [1.54, 1.807) is 11.3 Å². The van der Waals surface area contributed by atoms with Gasteiger partial charge in [0.1, 0.15) is 0 Å². The molecule has 1 aliphatic rings. The monoisotopic (exact) mass is 294 g/mol. The van der Waals surface area contributed by atoms with E-state index in [2.05, 4.69) is 69.9 Å². The van der Waals surface area contributed by atoms with Crippen molar-refractivity contribution in [3.8, 4) is 5.69 Å². The van der Waals surface area contributed by atoms with Gasteiger partial charge in [0.05, 0.1) is 11.2 Å². The minimum absolute atomic E-state index is 1.05. The highest BCUT2D eigenvalue weighted by Gasteiger charge is 2.11. The molecule has 0 spiro atoms. The summed E-state index contributed by atoms with van der Waals surface area (Å²) in [7, 11) is 2.18. The van der Waals surface area contributed by atoms with Gasteiger partial charge in [-0.05, 0) is 53.6 Å².